The van der Waals surface area contributed by atoms with Crippen LogP contribution in [-0.2, 0) is 28.3 Å². The number of hydrogen-bond donors (Lipinski definition) is 1. The number of benzene rings is 3. The van der Waals surface area contributed by atoms with Crippen molar-refractivity contribution < 1.29 is 19.4 Å². The molecule has 7 heteroatoms. The van der Waals surface area contributed by atoms with Crippen molar-refractivity contribution in [2.45, 2.75) is 32.1 Å². The van der Waals surface area contributed by atoms with E-state index in [1.807, 2.05) is 54.6 Å². The van der Waals surface area contributed by atoms with Crippen LogP contribution in [0, 0.1) is 11.8 Å². The standard InChI is InChI=1S/C33H24N2O5/c1-3-33(38)27-16-29-30-23(17-35(29)31(36)26(27)18-40-32(33)37)15-25-20(5-4-6-28(25)34-30)9-7-19-8-10-22-14-24(39-2)12-11-21(22)13-19/h4-6,8,10-16,38H,3,17-18H2,1-2H3/t33-/m0/s1. The Hall–Kier alpha value is -4.93. The van der Waals surface area contributed by atoms with Crippen LogP contribution in [-0.4, -0.2) is 27.7 Å². The fourth-order valence-corrected chi connectivity index (χ4v) is 5.68. The Morgan fingerprint density at radius 2 is 1.88 bits per heavy atom. The molecule has 0 saturated heterocycles. The summed E-state index contributed by atoms with van der Waals surface area (Å²) in [5.41, 5.74) is 3.12. The average Bonchev–Trinajstić information content (AvgIpc) is 3.34. The van der Waals surface area contributed by atoms with Gasteiger partial charge in [-0.15, -0.1) is 0 Å². The van der Waals surface area contributed by atoms with Crippen molar-refractivity contribution in [1.82, 2.24) is 9.55 Å². The van der Waals surface area contributed by atoms with E-state index in [-0.39, 0.29) is 18.6 Å². The smallest absolute Gasteiger partial charge is 0.343 e. The van der Waals surface area contributed by atoms with E-state index in [0.29, 0.717) is 29.1 Å². The van der Waals surface area contributed by atoms with Crippen molar-refractivity contribution in [3.63, 3.8) is 0 Å². The molecule has 7 nitrogen and oxygen atoms in total. The third-order valence-electron chi connectivity index (χ3n) is 7.94. The topological polar surface area (TPSA) is 90.7 Å². The Labute approximate surface area is 229 Å². The second-order valence-electron chi connectivity index (χ2n) is 10.1. The summed E-state index contributed by atoms with van der Waals surface area (Å²) in [5, 5.41) is 14.1. The van der Waals surface area contributed by atoms with E-state index < -0.39 is 11.6 Å². The molecule has 2 aliphatic rings. The second-order valence-corrected chi connectivity index (χ2v) is 10.1. The molecule has 1 N–H and O–H groups in total. The number of esters is 1. The molecule has 7 rings (SSSR count). The number of methoxy groups -OCH3 is 1. The molecule has 4 heterocycles. The van der Waals surface area contributed by atoms with Gasteiger partial charge in [0.1, 0.15) is 12.4 Å². The molecular formula is C33H24N2O5. The molecular weight excluding hydrogens is 504 g/mol. The predicted molar refractivity (Wildman–Crippen MR) is 151 cm³/mol. The minimum absolute atomic E-state index is 0.104. The molecule has 1 atom stereocenters. The number of fused-ring (bicyclic) bond motifs is 6. The Morgan fingerprint density at radius 3 is 2.70 bits per heavy atom. The number of carbonyl (C=O) groups excluding carboxylic acids is 1. The van der Waals surface area contributed by atoms with Gasteiger partial charge in [-0.1, -0.05) is 37.0 Å². The second kappa shape index (κ2) is 8.80. The van der Waals surface area contributed by atoms with Crippen molar-refractivity contribution in [2.75, 3.05) is 7.11 Å². The molecule has 0 spiro atoms. The van der Waals surface area contributed by atoms with E-state index >= 15 is 0 Å². The summed E-state index contributed by atoms with van der Waals surface area (Å²) in [6.45, 7) is 1.88. The number of aliphatic hydroxyl groups is 1. The van der Waals surface area contributed by atoms with Gasteiger partial charge in [0.2, 0.25) is 0 Å². The lowest BCUT2D eigenvalue weighted by atomic mass is 9.86. The van der Waals surface area contributed by atoms with Gasteiger partial charge in [-0.05, 0) is 65.7 Å². The quantitative estimate of drug-likeness (QED) is 0.260. The highest BCUT2D eigenvalue weighted by molar-refractivity contribution is 5.90. The van der Waals surface area contributed by atoms with Crippen LogP contribution in [0.5, 0.6) is 5.75 Å². The van der Waals surface area contributed by atoms with Crippen molar-refractivity contribution in [1.29, 1.82) is 0 Å². The third-order valence-corrected chi connectivity index (χ3v) is 7.94. The van der Waals surface area contributed by atoms with Gasteiger partial charge in [-0.25, -0.2) is 9.78 Å². The predicted octanol–water partition coefficient (Wildman–Crippen LogP) is 4.64. The molecule has 0 unspecified atom stereocenters. The average molecular weight is 529 g/mol. The molecule has 0 amide bonds. The Balaban J connectivity index is 1.31. The van der Waals surface area contributed by atoms with Crippen LogP contribution in [0.25, 0.3) is 33.1 Å². The first-order chi connectivity index (χ1) is 19.4. The lowest BCUT2D eigenvalue weighted by Crippen LogP contribution is -2.44. The zero-order chi connectivity index (χ0) is 27.6. The zero-order valence-electron chi connectivity index (χ0n) is 21.9. The number of carbonyl (C=O) groups is 1. The monoisotopic (exact) mass is 528 g/mol. The molecule has 5 aromatic rings. The molecule has 2 aliphatic heterocycles. The lowest BCUT2D eigenvalue weighted by molar-refractivity contribution is -0.172. The summed E-state index contributed by atoms with van der Waals surface area (Å²) in [6, 6.07) is 21.6. The molecule has 196 valence electrons. The first kappa shape index (κ1) is 24.1. The zero-order valence-corrected chi connectivity index (χ0v) is 21.9. The highest BCUT2D eigenvalue weighted by atomic mass is 16.6. The number of aromatic nitrogens is 2. The van der Waals surface area contributed by atoms with E-state index in [2.05, 4.69) is 17.9 Å². The maximum Gasteiger partial charge on any atom is 0.343 e. The van der Waals surface area contributed by atoms with Crippen LogP contribution >= 0.6 is 0 Å². The van der Waals surface area contributed by atoms with Gasteiger partial charge in [-0.2, -0.15) is 0 Å². The van der Waals surface area contributed by atoms with Gasteiger partial charge >= 0.3 is 5.97 Å². The Kier molecular flexibility index (Phi) is 5.31. The fourth-order valence-electron chi connectivity index (χ4n) is 5.68. The largest absolute Gasteiger partial charge is 0.497 e. The van der Waals surface area contributed by atoms with Crippen LogP contribution in [0.3, 0.4) is 0 Å². The summed E-state index contributed by atoms with van der Waals surface area (Å²) in [6.07, 6.45) is 0.104. The summed E-state index contributed by atoms with van der Waals surface area (Å²) < 4.78 is 12.1. The molecule has 0 saturated carbocycles. The molecule has 0 aliphatic carbocycles. The number of ether oxygens (including phenoxy) is 2. The highest BCUT2D eigenvalue weighted by Crippen LogP contribution is 2.38. The lowest BCUT2D eigenvalue weighted by Gasteiger charge is -2.31. The number of rotatable bonds is 2. The molecule has 0 fully saturated rings. The van der Waals surface area contributed by atoms with Crippen LogP contribution in [0.15, 0.2) is 71.5 Å². The van der Waals surface area contributed by atoms with E-state index in [1.165, 1.54) is 0 Å². The van der Waals surface area contributed by atoms with Crippen molar-refractivity contribution in [3.05, 3.63) is 105 Å². The van der Waals surface area contributed by atoms with Gasteiger partial charge in [0.25, 0.3) is 5.56 Å². The minimum atomic E-state index is -1.85. The normalized spacial score (nSPS) is 17.0. The van der Waals surface area contributed by atoms with E-state index in [0.717, 1.165) is 44.1 Å². The van der Waals surface area contributed by atoms with E-state index in [9.17, 15) is 14.7 Å². The van der Waals surface area contributed by atoms with Crippen LogP contribution in [0.2, 0.25) is 0 Å². The van der Waals surface area contributed by atoms with Gasteiger partial charge in [0.15, 0.2) is 5.60 Å². The first-order valence-electron chi connectivity index (χ1n) is 13.1. The van der Waals surface area contributed by atoms with E-state index in [4.69, 9.17) is 14.5 Å². The summed E-state index contributed by atoms with van der Waals surface area (Å²) in [7, 11) is 1.66. The van der Waals surface area contributed by atoms with Crippen molar-refractivity contribution in [2.24, 2.45) is 0 Å². The number of nitrogens with zero attached hydrogens (tertiary/aromatic N) is 2. The van der Waals surface area contributed by atoms with Gasteiger partial charge in [0, 0.05) is 27.6 Å². The van der Waals surface area contributed by atoms with Gasteiger partial charge in [0.05, 0.1) is 36.1 Å². The number of pyridine rings is 2. The maximum absolute atomic E-state index is 13.4. The summed E-state index contributed by atoms with van der Waals surface area (Å²) >= 11 is 0. The molecule has 2 aromatic heterocycles. The SMILES string of the molecule is CC[C@@]1(O)C(=O)OCc2c1cc1n(c2=O)Cc2cc3c(C#Cc4ccc5cc(OC)ccc5c4)cccc3nc2-1. The van der Waals surface area contributed by atoms with Gasteiger partial charge in [-0.3, -0.25) is 4.79 Å². The van der Waals surface area contributed by atoms with Crippen LogP contribution in [0.4, 0.5) is 0 Å². The van der Waals surface area contributed by atoms with Crippen molar-refractivity contribution in [3.8, 4) is 29.0 Å². The van der Waals surface area contributed by atoms with Crippen LogP contribution < -0.4 is 10.3 Å². The van der Waals surface area contributed by atoms with Crippen LogP contribution in [0.1, 0.15) is 41.2 Å². The third kappa shape index (κ3) is 3.54. The Morgan fingerprint density at radius 1 is 1.05 bits per heavy atom. The maximum atomic E-state index is 13.4. The number of cyclic esters (lactones) is 1. The molecule has 40 heavy (non-hydrogen) atoms. The Bertz CT molecular complexity index is 2030. The molecule has 3 aromatic carbocycles. The van der Waals surface area contributed by atoms with Crippen molar-refractivity contribution >= 4 is 27.6 Å². The first-order valence-corrected chi connectivity index (χ1v) is 13.1. The summed E-state index contributed by atoms with van der Waals surface area (Å²) in [4.78, 5) is 30.8. The minimum Gasteiger partial charge on any atom is -0.497 e. The molecule has 0 radical (unpaired) electrons. The molecule has 0 bridgehead atoms. The highest BCUT2D eigenvalue weighted by Gasteiger charge is 2.45. The fraction of sp³-hybridized carbons (Fsp3) is 0.182. The van der Waals surface area contributed by atoms with E-state index in [1.54, 1.807) is 24.7 Å². The summed E-state index contributed by atoms with van der Waals surface area (Å²) in [5.74, 6) is 6.68. The van der Waals surface area contributed by atoms with Gasteiger partial charge < -0.3 is 19.1 Å². The number of hydrogen-bond acceptors (Lipinski definition) is 6.